The van der Waals surface area contributed by atoms with Gasteiger partial charge in [-0.05, 0) is 37.9 Å². The standard InChI is InChI=1S/C13H19F3N2/c1-3-17-11(7-4-8-13(14,15)16)12-10(2)6-5-9-18-12/h5-6,9,11,17H,3-4,7-8H2,1-2H3. The maximum Gasteiger partial charge on any atom is 0.389 e. The summed E-state index contributed by atoms with van der Waals surface area (Å²) in [5.41, 5.74) is 1.86. The summed E-state index contributed by atoms with van der Waals surface area (Å²) < 4.78 is 36.4. The molecule has 1 N–H and O–H groups in total. The van der Waals surface area contributed by atoms with Crippen LogP contribution in [0, 0.1) is 6.92 Å². The molecule has 0 saturated heterocycles. The molecule has 0 aliphatic rings. The maximum atomic E-state index is 12.1. The highest BCUT2D eigenvalue weighted by Crippen LogP contribution is 2.26. The Bertz CT molecular complexity index is 363. The molecule has 0 bridgehead atoms. The van der Waals surface area contributed by atoms with Crippen molar-refractivity contribution in [2.45, 2.75) is 45.3 Å². The number of aryl methyl sites for hydroxylation is 1. The molecule has 2 nitrogen and oxygen atoms in total. The van der Waals surface area contributed by atoms with Crippen LogP contribution in [0.2, 0.25) is 0 Å². The first-order valence-corrected chi connectivity index (χ1v) is 6.15. The molecule has 0 aliphatic heterocycles. The van der Waals surface area contributed by atoms with Crippen molar-refractivity contribution in [2.24, 2.45) is 0 Å². The summed E-state index contributed by atoms with van der Waals surface area (Å²) in [7, 11) is 0. The van der Waals surface area contributed by atoms with Crippen molar-refractivity contribution in [2.75, 3.05) is 6.54 Å². The van der Waals surface area contributed by atoms with Gasteiger partial charge >= 0.3 is 6.18 Å². The van der Waals surface area contributed by atoms with Crippen molar-refractivity contribution in [1.82, 2.24) is 10.3 Å². The van der Waals surface area contributed by atoms with Crippen LogP contribution in [0.1, 0.15) is 43.5 Å². The Morgan fingerprint density at radius 2 is 2.11 bits per heavy atom. The molecule has 0 spiro atoms. The van der Waals surface area contributed by atoms with Gasteiger partial charge in [0.2, 0.25) is 0 Å². The van der Waals surface area contributed by atoms with Crippen LogP contribution in [0.15, 0.2) is 18.3 Å². The molecule has 1 aromatic rings. The van der Waals surface area contributed by atoms with E-state index in [1.165, 1.54) is 0 Å². The third kappa shape index (κ3) is 5.04. The second kappa shape index (κ2) is 6.73. The predicted octanol–water partition coefficient (Wildman–Crippen LogP) is 3.77. The number of aromatic nitrogens is 1. The lowest BCUT2D eigenvalue weighted by Crippen LogP contribution is -2.23. The molecule has 0 radical (unpaired) electrons. The molecular weight excluding hydrogens is 241 g/mol. The zero-order valence-corrected chi connectivity index (χ0v) is 10.7. The summed E-state index contributed by atoms with van der Waals surface area (Å²) >= 11 is 0. The van der Waals surface area contributed by atoms with Crippen molar-refractivity contribution < 1.29 is 13.2 Å². The number of halogens is 3. The molecule has 1 heterocycles. The maximum absolute atomic E-state index is 12.1. The Hall–Kier alpha value is -1.10. The van der Waals surface area contributed by atoms with Gasteiger partial charge in [-0.2, -0.15) is 13.2 Å². The van der Waals surface area contributed by atoms with Crippen LogP contribution in [0.5, 0.6) is 0 Å². The fraction of sp³-hybridized carbons (Fsp3) is 0.615. The minimum atomic E-state index is -4.07. The van der Waals surface area contributed by atoms with Crippen LogP contribution < -0.4 is 5.32 Å². The summed E-state index contributed by atoms with van der Waals surface area (Å²) in [6.07, 6.45) is -2.56. The zero-order chi connectivity index (χ0) is 13.6. The van der Waals surface area contributed by atoms with E-state index in [4.69, 9.17) is 0 Å². The number of pyridine rings is 1. The summed E-state index contributed by atoms with van der Waals surface area (Å²) in [4.78, 5) is 4.27. The number of hydrogen-bond acceptors (Lipinski definition) is 2. The molecule has 1 rings (SSSR count). The fourth-order valence-electron chi connectivity index (χ4n) is 1.95. The van der Waals surface area contributed by atoms with Gasteiger partial charge in [-0.25, -0.2) is 0 Å². The van der Waals surface area contributed by atoms with Crippen molar-refractivity contribution in [3.05, 3.63) is 29.6 Å². The van der Waals surface area contributed by atoms with Gasteiger partial charge in [-0.1, -0.05) is 13.0 Å². The average Bonchev–Trinajstić information content (AvgIpc) is 2.27. The van der Waals surface area contributed by atoms with E-state index in [9.17, 15) is 13.2 Å². The highest BCUT2D eigenvalue weighted by Gasteiger charge is 2.27. The zero-order valence-electron chi connectivity index (χ0n) is 10.7. The van der Waals surface area contributed by atoms with Crippen molar-refractivity contribution >= 4 is 0 Å². The lowest BCUT2D eigenvalue weighted by molar-refractivity contribution is -0.135. The number of nitrogens with zero attached hydrogens (tertiary/aromatic N) is 1. The van der Waals surface area contributed by atoms with Gasteiger partial charge in [0.25, 0.3) is 0 Å². The van der Waals surface area contributed by atoms with E-state index in [2.05, 4.69) is 10.3 Å². The number of alkyl halides is 3. The van der Waals surface area contributed by atoms with E-state index >= 15 is 0 Å². The van der Waals surface area contributed by atoms with Crippen molar-refractivity contribution in [3.63, 3.8) is 0 Å². The van der Waals surface area contributed by atoms with E-state index in [1.807, 2.05) is 26.0 Å². The van der Waals surface area contributed by atoms with Crippen LogP contribution in [0.4, 0.5) is 13.2 Å². The second-order valence-electron chi connectivity index (χ2n) is 4.32. The highest BCUT2D eigenvalue weighted by molar-refractivity contribution is 5.21. The third-order valence-corrected chi connectivity index (χ3v) is 2.78. The first-order valence-electron chi connectivity index (χ1n) is 6.15. The SMILES string of the molecule is CCNC(CCCC(F)(F)F)c1ncccc1C. The lowest BCUT2D eigenvalue weighted by atomic mass is 10.0. The van der Waals surface area contributed by atoms with E-state index in [1.54, 1.807) is 6.20 Å². The average molecular weight is 260 g/mol. The van der Waals surface area contributed by atoms with Gasteiger partial charge in [0, 0.05) is 18.7 Å². The minimum absolute atomic E-state index is 0.0986. The van der Waals surface area contributed by atoms with Crippen molar-refractivity contribution in [1.29, 1.82) is 0 Å². The normalized spacial score (nSPS) is 13.6. The topological polar surface area (TPSA) is 24.9 Å². The molecule has 18 heavy (non-hydrogen) atoms. The van der Waals surface area contributed by atoms with E-state index in [-0.39, 0.29) is 12.5 Å². The van der Waals surface area contributed by atoms with Crippen LogP contribution in [0.3, 0.4) is 0 Å². The molecule has 1 atom stereocenters. The molecule has 0 aliphatic carbocycles. The monoisotopic (exact) mass is 260 g/mol. The van der Waals surface area contributed by atoms with Gasteiger partial charge in [-0.3, -0.25) is 4.98 Å². The third-order valence-electron chi connectivity index (χ3n) is 2.78. The molecule has 102 valence electrons. The van der Waals surface area contributed by atoms with E-state index in [0.29, 0.717) is 13.0 Å². The Morgan fingerprint density at radius 1 is 1.39 bits per heavy atom. The first kappa shape index (κ1) is 15.0. The minimum Gasteiger partial charge on any atom is -0.309 e. The van der Waals surface area contributed by atoms with Crippen LogP contribution >= 0.6 is 0 Å². The Balaban J connectivity index is 2.63. The molecule has 0 saturated carbocycles. The Labute approximate surface area is 106 Å². The number of hydrogen-bond donors (Lipinski definition) is 1. The summed E-state index contributed by atoms with van der Waals surface area (Å²) in [6.45, 7) is 4.58. The molecular formula is C13H19F3N2. The van der Waals surface area contributed by atoms with Gasteiger partial charge in [0.15, 0.2) is 0 Å². The van der Waals surface area contributed by atoms with E-state index < -0.39 is 12.6 Å². The summed E-state index contributed by atoms with van der Waals surface area (Å²) in [6, 6.07) is 3.66. The Morgan fingerprint density at radius 3 is 2.67 bits per heavy atom. The molecule has 1 unspecified atom stereocenters. The van der Waals surface area contributed by atoms with Crippen LogP contribution in [0.25, 0.3) is 0 Å². The van der Waals surface area contributed by atoms with E-state index in [0.717, 1.165) is 11.3 Å². The summed E-state index contributed by atoms with van der Waals surface area (Å²) in [5.74, 6) is 0. The van der Waals surface area contributed by atoms with Gasteiger partial charge < -0.3 is 5.32 Å². The second-order valence-corrected chi connectivity index (χ2v) is 4.32. The first-order chi connectivity index (χ1) is 8.44. The molecule has 0 fully saturated rings. The van der Waals surface area contributed by atoms with Gasteiger partial charge in [0.1, 0.15) is 0 Å². The number of nitrogens with one attached hydrogen (secondary N) is 1. The summed E-state index contributed by atoms with van der Waals surface area (Å²) in [5, 5.41) is 3.20. The molecule has 0 aromatic carbocycles. The van der Waals surface area contributed by atoms with Crippen molar-refractivity contribution in [3.8, 4) is 0 Å². The fourth-order valence-corrected chi connectivity index (χ4v) is 1.95. The molecule has 0 amide bonds. The van der Waals surface area contributed by atoms with Gasteiger partial charge in [-0.15, -0.1) is 0 Å². The number of rotatable bonds is 6. The largest absolute Gasteiger partial charge is 0.389 e. The van der Waals surface area contributed by atoms with Crippen LogP contribution in [-0.2, 0) is 0 Å². The van der Waals surface area contributed by atoms with Gasteiger partial charge in [0.05, 0.1) is 5.69 Å². The Kier molecular flexibility index (Phi) is 5.59. The quantitative estimate of drug-likeness (QED) is 0.842. The predicted molar refractivity (Wildman–Crippen MR) is 65.3 cm³/mol. The van der Waals surface area contributed by atoms with Crippen LogP contribution in [-0.4, -0.2) is 17.7 Å². The molecule has 5 heteroatoms. The lowest BCUT2D eigenvalue weighted by Gasteiger charge is -2.19. The highest BCUT2D eigenvalue weighted by atomic mass is 19.4. The smallest absolute Gasteiger partial charge is 0.309 e. The molecule has 1 aromatic heterocycles.